The van der Waals surface area contributed by atoms with Crippen molar-refractivity contribution in [1.82, 2.24) is 0 Å². The fraction of sp³-hybridized carbons (Fsp3) is 0.158. The zero-order valence-electron chi connectivity index (χ0n) is 37.7. The van der Waals surface area contributed by atoms with E-state index in [1.54, 1.807) is 24.3 Å². The maximum Gasteiger partial charge on any atom is 2.00 e. The van der Waals surface area contributed by atoms with Gasteiger partial charge in [-0.15, -0.1) is 0 Å². The van der Waals surface area contributed by atoms with E-state index in [4.69, 9.17) is 9.47 Å². The van der Waals surface area contributed by atoms with E-state index in [2.05, 4.69) is 182 Å². The second kappa shape index (κ2) is 24.6. The Morgan fingerprint density at radius 2 is 0.894 bits per heavy atom. The van der Waals surface area contributed by atoms with E-state index < -0.39 is 25.9 Å². The Morgan fingerprint density at radius 1 is 0.515 bits per heavy atom. The minimum absolute atomic E-state index is 0. The molecule has 0 saturated carbocycles. The summed E-state index contributed by atoms with van der Waals surface area (Å²) in [4.78, 5) is 0.246. The van der Waals surface area contributed by atoms with Gasteiger partial charge in [0.15, 0.2) is 0 Å². The Balaban J connectivity index is 0.000000244. The molecule has 1 fully saturated rings. The van der Waals surface area contributed by atoms with E-state index in [9.17, 15) is 8.42 Å². The fourth-order valence-electron chi connectivity index (χ4n) is 7.68. The monoisotopic (exact) mass is 1020 g/mol. The number of benzene rings is 8. The Morgan fingerprint density at radius 3 is 1.20 bits per heavy atom. The number of nitrogens with zero attached hydrogens (tertiary/aromatic N) is 1. The molecule has 0 radical (unpaired) electrons. The molecule has 0 aliphatic carbocycles. The molecule has 8 aromatic carbocycles. The molecular weight excluding hydrogens is 963 g/mol. The van der Waals surface area contributed by atoms with Gasteiger partial charge in [0.05, 0.1) is 0 Å². The second-order valence-electron chi connectivity index (χ2n) is 15.9. The fourth-order valence-corrected chi connectivity index (χ4v) is 13.2. The minimum Gasteiger partial charge on any atom is -0.547 e. The van der Waals surface area contributed by atoms with Crippen LogP contribution in [0.2, 0.25) is 0 Å². The van der Waals surface area contributed by atoms with Gasteiger partial charge in [-0.05, 0) is 69.0 Å². The summed E-state index contributed by atoms with van der Waals surface area (Å²) in [5.41, 5.74) is 3.29. The molecule has 2 aliphatic heterocycles. The average Bonchev–Trinajstić information content (AvgIpc) is 3.96. The SMILES string of the molecule is C1CCOC1.CC1(C)c2cccc(P(c3ccccc3)c3ccccc3)c2Oc2c(P(c3ccccc3)c3ccccc3)cccc21.C[N-]S(=O)(=O)c1ccc(C)cc1.[Pd+2].[c-]1ccccc1. The summed E-state index contributed by atoms with van der Waals surface area (Å²) in [6.07, 6.45) is 2.56. The first-order valence-corrected chi connectivity index (χ1v) is 26.0. The predicted octanol–water partition coefficient (Wildman–Crippen LogP) is 11.6. The number of ether oxygens (including phenoxy) is 2. The van der Waals surface area contributed by atoms with Gasteiger partial charge in [-0.1, -0.05) is 189 Å². The van der Waals surface area contributed by atoms with Crippen molar-refractivity contribution in [2.75, 3.05) is 20.3 Å². The summed E-state index contributed by atoms with van der Waals surface area (Å²) in [5, 5.41) is 7.81. The Hall–Kier alpha value is -5.05. The van der Waals surface area contributed by atoms with Gasteiger partial charge in [-0.2, -0.15) is 43.4 Å². The standard InChI is InChI=1S/C39H32OP2.C8H10NO2S.C6H5.C4H8O.Pd/c1-39(2)33-25-15-27-35(41(29-17-7-3-8-18-29)30-19-9-4-10-20-30)37(33)40-38-34(39)26-16-28-36(38)42(31-21-11-5-12-22-31)32-23-13-6-14-24-32;1-7-3-5-8(6-4-7)12(10,11)9-2;1-2-4-6-5-3-1;1-2-4-5-3-1;/h3-28H,1-2H3;3-6H,1-2H3;1-5H;1-4H2;/q;2*-1;;+2. The van der Waals surface area contributed by atoms with Crippen molar-refractivity contribution in [3.8, 4) is 11.5 Å². The van der Waals surface area contributed by atoms with Gasteiger partial charge in [-0.3, -0.25) is 0 Å². The first-order valence-electron chi connectivity index (χ1n) is 21.9. The topological polar surface area (TPSA) is 66.7 Å². The number of para-hydroxylation sites is 2. The summed E-state index contributed by atoms with van der Waals surface area (Å²) in [5.74, 6) is 2.02. The molecule has 338 valence electrons. The molecule has 2 aliphatic rings. The summed E-state index contributed by atoms with van der Waals surface area (Å²) in [7, 11) is -3.76. The zero-order valence-corrected chi connectivity index (χ0v) is 41.9. The molecule has 10 rings (SSSR count). The maximum atomic E-state index is 11.1. The first-order chi connectivity index (χ1) is 31.7. The van der Waals surface area contributed by atoms with Crippen LogP contribution in [-0.4, -0.2) is 28.7 Å². The largest absolute Gasteiger partial charge is 2.00 e. The van der Waals surface area contributed by atoms with Gasteiger partial charge in [0.1, 0.15) is 21.5 Å². The van der Waals surface area contributed by atoms with Gasteiger partial charge in [0.25, 0.3) is 0 Å². The van der Waals surface area contributed by atoms with Crippen molar-refractivity contribution >= 4 is 57.7 Å². The van der Waals surface area contributed by atoms with E-state index >= 15 is 0 Å². The zero-order chi connectivity index (χ0) is 45.5. The van der Waals surface area contributed by atoms with Crippen LogP contribution in [0.1, 0.15) is 43.4 Å². The molecule has 0 spiro atoms. The number of rotatable bonds is 8. The number of sulfonamides is 1. The minimum atomic E-state index is -3.39. The molecule has 0 N–H and O–H groups in total. The van der Waals surface area contributed by atoms with E-state index in [1.807, 2.05) is 37.3 Å². The Kier molecular flexibility index (Phi) is 18.8. The molecule has 9 heteroatoms. The number of aryl methyl sites for hydroxylation is 1. The normalized spacial score (nSPS) is 13.1. The van der Waals surface area contributed by atoms with Crippen molar-refractivity contribution < 1.29 is 38.3 Å². The van der Waals surface area contributed by atoms with Gasteiger partial charge in [-0.25, -0.2) is 8.42 Å². The molecule has 0 unspecified atom stereocenters. The first kappa shape index (κ1) is 50.4. The molecule has 8 aromatic rings. The van der Waals surface area contributed by atoms with Gasteiger partial charge >= 0.3 is 20.4 Å². The predicted molar refractivity (Wildman–Crippen MR) is 275 cm³/mol. The van der Waals surface area contributed by atoms with Crippen molar-refractivity contribution in [1.29, 1.82) is 0 Å². The molecule has 1 saturated heterocycles. The summed E-state index contributed by atoms with van der Waals surface area (Å²) in [6, 6.07) is 76.3. The van der Waals surface area contributed by atoms with Gasteiger partial charge in [0.2, 0.25) is 0 Å². The van der Waals surface area contributed by atoms with Crippen molar-refractivity contribution in [2.24, 2.45) is 0 Å². The van der Waals surface area contributed by atoms with Crippen LogP contribution in [0, 0.1) is 13.0 Å². The quantitative estimate of drug-likeness (QED) is 0.0864. The van der Waals surface area contributed by atoms with Crippen LogP contribution in [-0.2, 0) is 40.6 Å². The molecule has 0 atom stereocenters. The molecule has 5 nitrogen and oxygen atoms in total. The summed E-state index contributed by atoms with van der Waals surface area (Å²) in [6.45, 7) is 8.60. The average molecular weight is 1020 g/mol. The van der Waals surface area contributed by atoms with Crippen molar-refractivity contribution in [2.45, 2.75) is 43.9 Å². The Bertz CT molecular complexity index is 2550. The molecular formula is C57H55NO4P2PdS. The number of fused-ring (bicyclic) bond motifs is 2. The van der Waals surface area contributed by atoms with Gasteiger partial charge < -0.3 is 14.2 Å². The summed E-state index contributed by atoms with van der Waals surface area (Å²) >= 11 is 0. The molecule has 2 heterocycles. The molecule has 0 bridgehead atoms. The molecule has 66 heavy (non-hydrogen) atoms. The van der Waals surface area contributed by atoms with Crippen molar-refractivity contribution in [3.05, 3.63) is 240 Å². The molecule has 0 amide bonds. The van der Waals surface area contributed by atoms with Gasteiger partial charge in [0, 0.05) is 45.3 Å². The second-order valence-corrected chi connectivity index (χ2v) is 22.1. The Labute approximate surface area is 408 Å². The molecule has 0 aromatic heterocycles. The van der Waals surface area contributed by atoms with Crippen LogP contribution < -0.4 is 36.6 Å². The third-order valence-corrected chi connectivity index (χ3v) is 17.3. The number of hydrogen-bond acceptors (Lipinski definition) is 4. The van der Waals surface area contributed by atoms with E-state index in [-0.39, 0.29) is 30.7 Å². The number of hydrogen-bond donors (Lipinski definition) is 0. The van der Waals surface area contributed by atoms with Crippen LogP contribution in [0.4, 0.5) is 0 Å². The van der Waals surface area contributed by atoms with Crippen LogP contribution in [0.3, 0.4) is 0 Å². The smallest absolute Gasteiger partial charge is 0.547 e. The van der Waals surface area contributed by atoms with Crippen LogP contribution in [0.5, 0.6) is 11.5 Å². The van der Waals surface area contributed by atoms with Crippen LogP contribution in [0.25, 0.3) is 4.72 Å². The van der Waals surface area contributed by atoms with Crippen molar-refractivity contribution in [3.63, 3.8) is 0 Å². The van der Waals surface area contributed by atoms with E-state index in [0.717, 1.165) is 30.3 Å². The van der Waals surface area contributed by atoms with Crippen LogP contribution >= 0.6 is 15.8 Å². The summed E-state index contributed by atoms with van der Waals surface area (Å²) < 4.78 is 37.8. The third-order valence-electron chi connectivity index (χ3n) is 11.1. The maximum absolute atomic E-state index is 11.1. The van der Waals surface area contributed by atoms with Crippen LogP contribution in [0.15, 0.2) is 217 Å². The third kappa shape index (κ3) is 12.7. The van der Waals surface area contributed by atoms with E-state index in [1.165, 1.54) is 62.8 Å². The van der Waals surface area contributed by atoms with E-state index in [0.29, 0.717) is 0 Å².